The molecule has 2 N–H and O–H groups in total. The number of ether oxygens (including phenoxy) is 1. The van der Waals surface area contributed by atoms with E-state index in [1.807, 2.05) is 0 Å². The summed E-state index contributed by atoms with van der Waals surface area (Å²) >= 11 is 4.84. The first kappa shape index (κ1) is 14.9. The van der Waals surface area contributed by atoms with Gasteiger partial charge in [-0.2, -0.15) is 0 Å². The standard InChI is InChI=1S/C12H17NO3S2/c1-2-18(14,15)9-3-8-16-11-6-4-10(5-7-11)12(13)17/h4-7H,2-3,8-9H2,1H3,(H2,13,17). The van der Waals surface area contributed by atoms with Crippen LogP contribution in [0, 0.1) is 0 Å². The van der Waals surface area contributed by atoms with Crippen LogP contribution < -0.4 is 10.5 Å². The molecule has 0 aromatic heterocycles. The zero-order valence-corrected chi connectivity index (χ0v) is 11.9. The van der Waals surface area contributed by atoms with Gasteiger partial charge in [0.15, 0.2) is 0 Å². The van der Waals surface area contributed by atoms with E-state index in [0.717, 1.165) is 5.56 Å². The van der Waals surface area contributed by atoms with Crippen molar-refractivity contribution in [3.05, 3.63) is 29.8 Å². The first-order valence-electron chi connectivity index (χ1n) is 5.67. The molecular weight excluding hydrogens is 270 g/mol. The molecule has 6 heteroatoms. The van der Waals surface area contributed by atoms with E-state index in [-0.39, 0.29) is 11.5 Å². The Kier molecular flexibility index (Phi) is 5.55. The number of hydrogen-bond donors (Lipinski definition) is 1. The zero-order chi connectivity index (χ0) is 13.6. The maximum atomic E-state index is 11.2. The molecule has 100 valence electrons. The fraction of sp³-hybridized carbons (Fsp3) is 0.417. The van der Waals surface area contributed by atoms with E-state index in [4.69, 9.17) is 22.7 Å². The Morgan fingerprint density at radius 2 is 1.94 bits per heavy atom. The van der Waals surface area contributed by atoms with E-state index in [2.05, 4.69) is 0 Å². The number of rotatable bonds is 7. The van der Waals surface area contributed by atoms with E-state index in [9.17, 15) is 8.42 Å². The fourth-order valence-corrected chi connectivity index (χ4v) is 2.31. The molecule has 0 fully saturated rings. The van der Waals surface area contributed by atoms with Crippen LogP contribution in [-0.2, 0) is 9.84 Å². The van der Waals surface area contributed by atoms with Crippen molar-refractivity contribution in [3.8, 4) is 5.75 Å². The normalized spacial score (nSPS) is 11.2. The molecule has 0 atom stereocenters. The van der Waals surface area contributed by atoms with Crippen molar-refractivity contribution in [3.63, 3.8) is 0 Å². The monoisotopic (exact) mass is 287 g/mol. The number of nitrogens with two attached hydrogens (primary N) is 1. The highest BCUT2D eigenvalue weighted by atomic mass is 32.2. The minimum absolute atomic E-state index is 0.161. The van der Waals surface area contributed by atoms with Crippen molar-refractivity contribution in [2.24, 2.45) is 5.73 Å². The van der Waals surface area contributed by atoms with Gasteiger partial charge in [0.05, 0.1) is 12.4 Å². The average Bonchev–Trinajstić information content (AvgIpc) is 2.35. The van der Waals surface area contributed by atoms with E-state index >= 15 is 0 Å². The summed E-state index contributed by atoms with van der Waals surface area (Å²) in [7, 11) is -2.91. The van der Waals surface area contributed by atoms with Crippen LogP contribution in [-0.4, -0.2) is 31.5 Å². The fourth-order valence-electron chi connectivity index (χ4n) is 1.33. The molecule has 0 saturated heterocycles. The maximum absolute atomic E-state index is 11.2. The summed E-state index contributed by atoms with van der Waals surface area (Å²) in [5.74, 6) is 1.02. The third kappa shape index (κ3) is 5.01. The molecule has 0 aliphatic heterocycles. The van der Waals surface area contributed by atoms with Crippen molar-refractivity contribution in [2.75, 3.05) is 18.1 Å². The molecule has 1 aromatic rings. The highest BCUT2D eigenvalue weighted by molar-refractivity contribution is 7.91. The maximum Gasteiger partial charge on any atom is 0.150 e. The van der Waals surface area contributed by atoms with Crippen molar-refractivity contribution >= 4 is 27.0 Å². The quantitative estimate of drug-likeness (QED) is 0.608. The topological polar surface area (TPSA) is 69.4 Å². The summed E-state index contributed by atoms with van der Waals surface area (Å²) in [6.07, 6.45) is 0.493. The summed E-state index contributed by atoms with van der Waals surface area (Å²) in [4.78, 5) is 0.343. The zero-order valence-electron chi connectivity index (χ0n) is 10.3. The SMILES string of the molecule is CCS(=O)(=O)CCCOc1ccc(C(N)=S)cc1. The minimum atomic E-state index is -2.91. The van der Waals surface area contributed by atoms with Gasteiger partial charge in [-0.05, 0) is 30.7 Å². The molecule has 0 aliphatic rings. The molecule has 0 bridgehead atoms. The lowest BCUT2D eigenvalue weighted by Gasteiger charge is -2.06. The second kappa shape index (κ2) is 6.70. The second-order valence-corrected chi connectivity index (χ2v) is 6.74. The lowest BCUT2D eigenvalue weighted by molar-refractivity contribution is 0.317. The Morgan fingerprint density at radius 3 is 2.44 bits per heavy atom. The van der Waals surface area contributed by atoms with E-state index in [1.54, 1.807) is 31.2 Å². The first-order chi connectivity index (χ1) is 8.44. The third-order valence-electron chi connectivity index (χ3n) is 2.45. The van der Waals surface area contributed by atoms with Gasteiger partial charge in [-0.25, -0.2) is 8.42 Å². The summed E-state index contributed by atoms with van der Waals surface area (Å²) in [6, 6.07) is 7.09. The Bertz CT molecular complexity index is 495. The highest BCUT2D eigenvalue weighted by Gasteiger charge is 2.06. The van der Waals surface area contributed by atoms with E-state index < -0.39 is 9.84 Å². The van der Waals surface area contributed by atoms with E-state index in [0.29, 0.717) is 23.8 Å². The molecule has 4 nitrogen and oxygen atoms in total. The van der Waals surface area contributed by atoms with Gasteiger partial charge in [-0.15, -0.1) is 0 Å². The molecule has 0 saturated carbocycles. The molecule has 0 radical (unpaired) electrons. The van der Waals surface area contributed by atoms with Crippen molar-refractivity contribution < 1.29 is 13.2 Å². The van der Waals surface area contributed by atoms with Gasteiger partial charge in [-0.3, -0.25) is 0 Å². The molecule has 0 heterocycles. The smallest absolute Gasteiger partial charge is 0.150 e. The van der Waals surface area contributed by atoms with Crippen LogP contribution in [0.15, 0.2) is 24.3 Å². The Hall–Kier alpha value is -1.14. The average molecular weight is 287 g/mol. The second-order valence-electron chi connectivity index (χ2n) is 3.83. The lowest BCUT2D eigenvalue weighted by Crippen LogP contribution is -2.12. The van der Waals surface area contributed by atoms with Gasteiger partial charge in [-0.1, -0.05) is 19.1 Å². The predicted molar refractivity (Wildman–Crippen MR) is 76.8 cm³/mol. The predicted octanol–water partition coefficient (Wildman–Crippen LogP) is 1.52. The summed E-state index contributed by atoms with van der Waals surface area (Å²) in [5.41, 5.74) is 6.26. The first-order valence-corrected chi connectivity index (χ1v) is 7.90. The van der Waals surface area contributed by atoms with Crippen LogP contribution in [0.1, 0.15) is 18.9 Å². The van der Waals surface area contributed by atoms with Crippen LogP contribution in [0.3, 0.4) is 0 Å². The molecule has 1 aromatic carbocycles. The number of benzene rings is 1. The third-order valence-corrected chi connectivity index (χ3v) is 4.47. The number of thiocarbonyl (C=S) groups is 1. The van der Waals surface area contributed by atoms with Crippen LogP contribution >= 0.6 is 12.2 Å². The van der Waals surface area contributed by atoms with Gasteiger partial charge in [0.2, 0.25) is 0 Å². The molecule has 1 rings (SSSR count). The van der Waals surface area contributed by atoms with Gasteiger partial charge in [0, 0.05) is 11.3 Å². The Labute approximate surface area is 113 Å². The van der Waals surface area contributed by atoms with Crippen LogP contribution in [0.2, 0.25) is 0 Å². The highest BCUT2D eigenvalue weighted by Crippen LogP contribution is 2.12. The van der Waals surface area contributed by atoms with Crippen molar-refractivity contribution in [2.45, 2.75) is 13.3 Å². The Balaban J connectivity index is 2.38. The van der Waals surface area contributed by atoms with Crippen LogP contribution in [0.5, 0.6) is 5.75 Å². The summed E-state index contributed by atoms with van der Waals surface area (Å²) < 4.78 is 27.9. The molecule has 0 aliphatic carbocycles. The Morgan fingerprint density at radius 1 is 1.33 bits per heavy atom. The minimum Gasteiger partial charge on any atom is -0.494 e. The van der Waals surface area contributed by atoms with E-state index in [1.165, 1.54) is 0 Å². The van der Waals surface area contributed by atoms with Gasteiger partial charge in [0.25, 0.3) is 0 Å². The molecule has 0 spiro atoms. The van der Waals surface area contributed by atoms with Gasteiger partial charge < -0.3 is 10.5 Å². The molecular formula is C12H17NO3S2. The lowest BCUT2D eigenvalue weighted by atomic mass is 10.2. The largest absolute Gasteiger partial charge is 0.494 e. The molecule has 18 heavy (non-hydrogen) atoms. The van der Waals surface area contributed by atoms with Crippen molar-refractivity contribution in [1.29, 1.82) is 0 Å². The summed E-state index contributed by atoms with van der Waals surface area (Å²) in [6.45, 7) is 2.02. The van der Waals surface area contributed by atoms with Gasteiger partial charge >= 0.3 is 0 Å². The number of sulfone groups is 1. The molecule has 0 unspecified atom stereocenters. The van der Waals surface area contributed by atoms with Gasteiger partial charge in [0.1, 0.15) is 20.6 Å². The van der Waals surface area contributed by atoms with Crippen molar-refractivity contribution in [1.82, 2.24) is 0 Å². The molecule has 0 amide bonds. The summed E-state index contributed by atoms with van der Waals surface area (Å²) in [5, 5.41) is 0. The van der Waals surface area contributed by atoms with Crippen LogP contribution in [0.4, 0.5) is 0 Å². The number of hydrogen-bond acceptors (Lipinski definition) is 4. The van der Waals surface area contributed by atoms with Crippen LogP contribution in [0.25, 0.3) is 0 Å².